The normalized spacial score (nSPS) is 10.8. The van der Waals surface area contributed by atoms with Crippen molar-refractivity contribution in [1.82, 2.24) is 14.8 Å². The van der Waals surface area contributed by atoms with E-state index in [4.69, 9.17) is 15.3 Å². The molecule has 6 nitrogen and oxygen atoms in total. The van der Waals surface area contributed by atoms with E-state index >= 15 is 0 Å². The molecule has 0 unspecified atom stereocenters. The van der Waals surface area contributed by atoms with Crippen molar-refractivity contribution >= 4 is 0 Å². The number of benzene rings is 2. The number of methoxy groups -OCH3 is 1. The van der Waals surface area contributed by atoms with Crippen LogP contribution in [0.2, 0.25) is 0 Å². The predicted octanol–water partition coefficient (Wildman–Crippen LogP) is 2.42. The molecule has 3 aromatic rings. The highest BCUT2D eigenvalue weighted by Crippen LogP contribution is 2.34. The predicted molar refractivity (Wildman–Crippen MR) is 85.5 cm³/mol. The van der Waals surface area contributed by atoms with E-state index in [2.05, 4.69) is 22.2 Å². The molecule has 2 aromatic carbocycles. The van der Waals surface area contributed by atoms with Gasteiger partial charge in [-0.2, -0.15) is 15.6 Å². The van der Waals surface area contributed by atoms with Crippen molar-refractivity contribution in [1.29, 1.82) is 10.5 Å². The van der Waals surface area contributed by atoms with Gasteiger partial charge in [0.25, 0.3) is 0 Å². The third-order valence-corrected chi connectivity index (χ3v) is 3.85. The first-order chi connectivity index (χ1) is 11.7. The monoisotopic (exact) mass is 315 g/mol. The summed E-state index contributed by atoms with van der Waals surface area (Å²) in [7, 11) is 1.58. The minimum absolute atomic E-state index is 0.558. The number of nitriles is 2. The zero-order chi connectivity index (χ0) is 17.0. The van der Waals surface area contributed by atoms with Crippen LogP contribution >= 0.6 is 0 Å². The van der Waals surface area contributed by atoms with E-state index in [1.807, 2.05) is 24.3 Å². The van der Waals surface area contributed by atoms with Gasteiger partial charge in [0.05, 0.1) is 23.3 Å². The van der Waals surface area contributed by atoms with Crippen LogP contribution in [0.15, 0.2) is 61.2 Å². The Kier molecular flexibility index (Phi) is 4.07. The summed E-state index contributed by atoms with van der Waals surface area (Å²) in [6.07, 6.45) is 3.00. The fourth-order valence-corrected chi connectivity index (χ4v) is 2.67. The molecule has 0 N–H and O–H groups in total. The molecule has 1 heterocycles. The Bertz CT molecular complexity index is 843. The first-order valence-corrected chi connectivity index (χ1v) is 7.16. The summed E-state index contributed by atoms with van der Waals surface area (Å²) >= 11 is 0. The maximum Gasteiger partial charge on any atom is 0.214 e. The zero-order valence-corrected chi connectivity index (χ0v) is 12.9. The van der Waals surface area contributed by atoms with Crippen LogP contribution < -0.4 is 0 Å². The summed E-state index contributed by atoms with van der Waals surface area (Å²) in [6, 6.07) is 18.4. The number of rotatable bonds is 4. The lowest BCUT2D eigenvalue weighted by Crippen LogP contribution is -2.38. The van der Waals surface area contributed by atoms with Crippen molar-refractivity contribution in [2.24, 2.45) is 0 Å². The van der Waals surface area contributed by atoms with Crippen LogP contribution in [0.5, 0.6) is 0 Å². The second-order valence-electron chi connectivity index (χ2n) is 5.07. The summed E-state index contributed by atoms with van der Waals surface area (Å²) in [4.78, 5) is 4.02. The van der Waals surface area contributed by atoms with Crippen LogP contribution in [0, 0.1) is 22.7 Å². The van der Waals surface area contributed by atoms with E-state index in [0.717, 1.165) is 11.1 Å². The fourth-order valence-electron chi connectivity index (χ4n) is 2.67. The van der Waals surface area contributed by atoms with E-state index in [1.54, 1.807) is 42.4 Å². The first-order valence-electron chi connectivity index (χ1n) is 7.16. The zero-order valence-electron chi connectivity index (χ0n) is 12.9. The van der Waals surface area contributed by atoms with Gasteiger partial charge in [0.15, 0.2) is 0 Å². The maximum absolute atomic E-state index is 9.01. The average molecular weight is 315 g/mol. The Morgan fingerprint density at radius 1 is 0.917 bits per heavy atom. The molecule has 116 valence electrons. The molecular weight excluding hydrogens is 302 g/mol. The van der Waals surface area contributed by atoms with Gasteiger partial charge >= 0.3 is 0 Å². The second kappa shape index (κ2) is 6.33. The molecular formula is C18H13N5O. The third kappa shape index (κ3) is 2.41. The highest BCUT2D eigenvalue weighted by molar-refractivity contribution is 5.42. The van der Waals surface area contributed by atoms with Crippen LogP contribution in [0.25, 0.3) is 0 Å². The van der Waals surface area contributed by atoms with E-state index in [1.165, 1.54) is 6.33 Å². The van der Waals surface area contributed by atoms with Crippen LogP contribution in [0.1, 0.15) is 22.3 Å². The molecule has 0 fully saturated rings. The Balaban J connectivity index is 2.23. The average Bonchev–Trinajstić information content (AvgIpc) is 3.19. The summed E-state index contributed by atoms with van der Waals surface area (Å²) in [6.45, 7) is 0. The van der Waals surface area contributed by atoms with Crippen molar-refractivity contribution in [3.8, 4) is 12.1 Å². The molecule has 0 bridgehead atoms. The highest BCUT2D eigenvalue weighted by Gasteiger charge is 2.37. The van der Waals surface area contributed by atoms with Gasteiger partial charge < -0.3 is 4.74 Å². The van der Waals surface area contributed by atoms with Crippen LogP contribution in [0.3, 0.4) is 0 Å². The summed E-state index contributed by atoms with van der Waals surface area (Å²) in [5.41, 5.74) is 1.65. The molecule has 0 radical (unpaired) electrons. The van der Waals surface area contributed by atoms with Crippen LogP contribution in [0.4, 0.5) is 0 Å². The highest BCUT2D eigenvalue weighted by atomic mass is 16.5. The molecule has 0 saturated carbocycles. The van der Waals surface area contributed by atoms with Gasteiger partial charge in [-0.05, 0) is 24.3 Å². The molecule has 0 aliphatic heterocycles. The van der Waals surface area contributed by atoms with Crippen molar-refractivity contribution in [3.05, 3.63) is 83.4 Å². The van der Waals surface area contributed by atoms with Gasteiger partial charge in [0, 0.05) is 18.2 Å². The molecule has 0 amide bonds. The molecule has 3 rings (SSSR count). The summed E-state index contributed by atoms with van der Waals surface area (Å²) < 4.78 is 7.50. The van der Waals surface area contributed by atoms with Gasteiger partial charge in [-0.1, -0.05) is 24.3 Å². The van der Waals surface area contributed by atoms with Gasteiger partial charge in [0.1, 0.15) is 12.7 Å². The minimum atomic E-state index is -1.04. The van der Waals surface area contributed by atoms with Crippen molar-refractivity contribution < 1.29 is 4.74 Å². The molecule has 24 heavy (non-hydrogen) atoms. The van der Waals surface area contributed by atoms with Gasteiger partial charge in [-0.15, -0.1) is 0 Å². The molecule has 0 aliphatic rings. The summed E-state index contributed by atoms with van der Waals surface area (Å²) in [5, 5.41) is 22.3. The second-order valence-corrected chi connectivity index (χ2v) is 5.07. The van der Waals surface area contributed by atoms with E-state index in [0.29, 0.717) is 11.1 Å². The Morgan fingerprint density at radius 3 is 1.75 bits per heavy atom. The lowest BCUT2D eigenvalue weighted by Gasteiger charge is -2.33. The Hall–Kier alpha value is -3.48. The third-order valence-electron chi connectivity index (χ3n) is 3.85. The SMILES string of the molecule is COC(c1ccc(C#N)cc1)(c1ccc(C#N)cc1)n1cncn1. The number of hydrogen-bond acceptors (Lipinski definition) is 5. The van der Waals surface area contributed by atoms with E-state index in [9.17, 15) is 0 Å². The van der Waals surface area contributed by atoms with E-state index in [-0.39, 0.29) is 0 Å². The Morgan fingerprint density at radius 2 is 1.42 bits per heavy atom. The summed E-state index contributed by atoms with van der Waals surface area (Å²) in [5.74, 6) is 0. The molecule has 6 heteroatoms. The topological polar surface area (TPSA) is 87.5 Å². The van der Waals surface area contributed by atoms with Crippen molar-refractivity contribution in [2.45, 2.75) is 5.72 Å². The lowest BCUT2D eigenvalue weighted by molar-refractivity contribution is -0.0148. The maximum atomic E-state index is 9.01. The lowest BCUT2D eigenvalue weighted by atomic mass is 9.93. The number of hydrogen-bond donors (Lipinski definition) is 0. The van der Waals surface area contributed by atoms with Gasteiger partial charge in [-0.25, -0.2) is 9.67 Å². The molecule has 0 spiro atoms. The van der Waals surface area contributed by atoms with Crippen molar-refractivity contribution in [3.63, 3.8) is 0 Å². The molecule has 1 aromatic heterocycles. The standard InChI is InChI=1S/C18H13N5O/c1-24-18(23-13-21-12-22-23,16-6-2-14(10-19)3-7-16)17-8-4-15(11-20)5-9-17/h2-9,12-13H,1H3. The molecule has 0 atom stereocenters. The minimum Gasteiger partial charge on any atom is -0.349 e. The van der Waals surface area contributed by atoms with E-state index < -0.39 is 5.72 Å². The fraction of sp³-hybridized carbons (Fsp3) is 0.111. The largest absolute Gasteiger partial charge is 0.349 e. The number of nitrogens with zero attached hydrogens (tertiary/aromatic N) is 5. The van der Waals surface area contributed by atoms with Crippen LogP contribution in [-0.2, 0) is 10.5 Å². The van der Waals surface area contributed by atoms with Crippen molar-refractivity contribution in [2.75, 3.05) is 7.11 Å². The van der Waals surface area contributed by atoms with Crippen LogP contribution in [-0.4, -0.2) is 21.9 Å². The number of ether oxygens (including phenoxy) is 1. The quantitative estimate of drug-likeness (QED) is 0.738. The molecule has 0 aliphatic carbocycles. The first kappa shape index (κ1) is 15.4. The van der Waals surface area contributed by atoms with Gasteiger partial charge in [0.2, 0.25) is 5.72 Å². The Labute approximate surface area is 139 Å². The molecule has 0 saturated heterocycles. The van der Waals surface area contributed by atoms with Gasteiger partial charge in [-0.3, -0.25) is 0 Å². The smallest absolute Gasteiger partial charge is 0.214 e. The number of aromatic nitrogens is 3.